The van der Waals surface area contributed by atoms with E-state index in [-0.39, 0.29) is 23.2 Å². The topological polar surface area (TPSA) is 55.1 Å². The van der Waals surface area contributed by atoms with Crippen LogP contribution in [0.5, 0.6) is 0 Å². The van der Waals surface area contributed by atoms with Crippen molar-refractivity contribution in [2.45, 2.75) is 19.6 Å². The van der Waals surface area contributed by atoms with Gasteiger partial charge in [-0.3, -0.25) is 4.68 Å². The Hall–Kier alpha value is -2.87. The van der Waals surface area contributed by atoms with Crippen molar-refractivity contribution in [3.05, 3.63) is 75.8 Å². The number of carboxylic acid groups (broad SMARTS) is 1. The zero-order chi connectivity index (χ0) is 20.6. The van der Waals surface area contributed by atoms with Gasteiger partial charge in [0.1, 0.15) is 5.82 Å². The second-order valence-corrected chi connectivity index (χ2v) is 6.54. The molecule has 0 atom stereocenters. The van der Waals surface area contributed by atoms with Crippen molar-refractivity contribution in [2.24, 2.45) is 0 Å². The van der Waals surface area contributed by atoms with Crippen LogP contribution in [0.4, 0.5) is 17.6 Å². The summed E-state index contributed by atoms with van der Waals surface area (Å²) in [6, 6.07) is 8.12. The van der Waals surface area contributed by atoms with Crippen molar-refractivity contribution < 1.29 is 27.5 Å². The number of carboxylic acids is 1. The molecular weight excluding hydrogens is 400 g/mol. The molecule has 3 aromatic rings. The van der Waals surface area contributed by atoms with E-state index in [1.54, 1.807) is 6.92 Å². The number of aryl methyl sites for hydroxylation is 1. The number of carbonyl (C=O) groups is 1. The van der Waals surface area contributed by atoms with E-state index in [9.17, 15) is 22.4 Å². The van der Waals surface area contributed by atoms with Crippen LogP contribution in [0.2, 0.25) is 5.02 Å². The largest absolute Gasteiger partial charge is 0.478 e. The number of hydrogen-bond donors (Lipinski definition) is 1. The van der Waals surface area contributed by atoms with E-state index in [0.29, 0.717) is 10.6 Å². The number of nitrogens with zero attached hydrogens (tertiary/aromatic N) is 2. The monoisotopic (exact) mass is 412 g/mol. The first kappa shape index (κ1) is 19.9. The number of aromatic carboxylic acids is 1. The van der Waals surface area contributed by atoms with E-state index in [1.807, 2.05) is 0 Å². The van der Waals surface area contributed by atoms with Crippen molar-refractivity contribution in [3.63, 3.8) is 0 Å². The molecule has 1 aromatic heterocycles. The molecule has 1 N–H and O–H groups in total. The molecule has 0 fully saturated rings. The third kappa shape index (κ3) is 3.87. The Labute approximate surface area is 162 Å². The summed E-state index contributed by atoms with van der Waals surface area (Å²) < 4.78 is 55.6. The van der Waals surface area contributed by atoms with Crippen LogP contribution >= 0.6 is 11.6 Å². The van der Waals surface area contributed by atoms with Gasteiger partial charge in [0.25, 0.3) is 0 Å². The summed E-state index contributed by atoms with van der Waals surface area (Å²) in [7, 11) is 0. The van der Waals surface area contributed by atoms with Crippen molar-refractivity contribution in [2.75, 3.05) is 0 Å². The fourth-order valence-electron chi connectivity index (χ4n) is 2.78. The fraction of sp³-hybridized carbons (Fsp3) is 0.158. The highest BCUT2D eigenvalue weighted by atomic mass is 35.5. The van der Waals surface area contributed by atoms with Gasteiger partial charge in [-0.05, 0) is 36.2 Å². The van der Waals surface area contributed by atoms with Gasteiger partial charge in [0.2, 0.25) is 0 Å². The van der Waals surface area contributed by atoms with E-state index in [0.717, 1.165) is 16.9 Å². The first-order valence-corrected chi connectivity index (χ1v) is 8.37. The first-order chi connectivity index (χ1) is 13.1. The van der Waals surface area contributed by atoms with Gasteiger partial charge in [0.15, 0.2) is 5.69 Å². The maximum absolute atomic E-state index is 14.3. The van der Waals surface area contributed by atoms with Crippen LogP contribution in [-0.2, 0) is 12.7 Å². The Morgan fingerprint density at radius 1 is 1.25 bits per heavy atom. The molecule has 3 rings (SSSR count). The van der Waals surface area contributed by atoms with Crippen LogP contribution in [0.3, 0.4) is 0 Å². The van der Waals surface area contributed by atoms with E-state index >= 15 is 0 Å². The van der Waals surface area contributed by atoms with E-state index in [1.165, 1.54) is 30.3 Å². The highest BCUT2D eigenvalue weighted by Gasteiger charge is 2.37. The lowest BCUT2D eigenvalue weighted by molar-refractivity contribution is -0.141. The summed E-state index contributed by atoms with van der Waals surface area (Å²) in [4.78, 5) is 11.0. The molecule has 0 aliphatic heterocycles. The standard InChI is InChI=1S/C19H13ClF4N2O2/c1-10-7-11(5-6-15(10)20)14-9-26(25-17(14)19(22,23)24)8-12-3-2-4-13(16(12)21)18(27)28/h2-7,9H,8H2,1H3,(H,27,28). The first-order valence-electron chi connectivity index (χ1n) is 7.99. The van der Waals surface area contributed by atoms with Gasteiger partial charge in [-0.1, -0.05) is 29.8 Å². The number of benzene rings is 2. The number of aromatic nitrogens is 2. The number of halogens is 5. The van der Waals surface area contributed by atoms with Crippen LogP contribution in [-0.4, -0.2) is 20.9 Å². The maximum Gasteiger partial charge on any atom is 0.435 e. The molecule has 0 saturated heterocycles. The molecule has 0 radical (unpaired) electrons. The average Bonchev–Trinajstić information content (AvgIpc) is 3.03. The minimum atomic E-state index is -4.73. The van der Waals surface area contributed by atoms with Gasteiger partial charge in [0.05, 0.1) is 12.1 Å². The summed E-state index contributed by atoms with van der Waals surface area (Å²) >= 11 is 5.94. The lowest BCUT2D eigenvalue weighted by Crippen LogP contribution is -2.11. The number of alkyl halides is 3. The van der Waals surface area contributed by atoms with Crippen molar-refractivity contribution in [1.29, 1.82) is 0 Å². The second-order valence-electron chi connectivity index (χ2n) is 6.13. The Morgan fingerprint density at radius 3 is 2.57 bits per heavy atom. The lowest BCUT2D eigenvalue weighted by atomic mass is 10.0. The summed E-state index contributed by atoms with van der Waals surface area (Å²) in [5.41, 5.74) is -1.09. The Morgan fingerprint density at radius 2 is 1.96 bits per heavy atom. The van der Waals surface area contributed by atoms with Crippen molar-refractivity contribution in [1.82, 2.24) is 9.78 Å². The minimum absolute atomic E-state index is 0.0880. The van der Waals surface area contributed by atoms with Crippen LogP contribution in [0.1, 0.15) is 27.2 Å². The van der Waals surface area contributed by atoms with Gasteiger partial charge < -0.3 is 5.11 Å². The van der Waals surface area contributed by atoms with Crippen LogP contribution in [0.15, 0.2) is 42.6 Å². The minimum Gasteiger partial charge on any atom is -0.478 e. The molecule has 1 heterocycles. The molecular formula is C19H13ClF4N2O2. The Balaban J connectivity index is 2.07. The van der Waals surface area contributed by atoms with Crippen LogP contribution < -0.4 is 0 Å². The molecule has 4 nitrogen and oxygen atoms in total. The molecule has 0 aliphatic rings. The predicted octanol–water partition coefficient (Wildman–Crippen LogP) is 5.42. The average molecular weight is 413 g/mol. The van der Waals surface area contributed by atoms with Crippen molar-refractivity contribution in [3.8, 4) is 11.1 Å². The molecule has 0 aliphatic carbocycles. The molecule has 0 unspecified atom stereocenters. The van der Waals surface area contributed by atoms with Gasteiger partial charge in [-0.15, -0.1) is 0 Å². The highest BCUT2D eigenvalue weighted by molar-refractivity contribution is 6.31. The SMILES string of the molecule is Cc1cc(-c2cn(Cc3cccc(C(=O)O)c3F)nc2C(F)(F)F)ccc1Cl. The Kier molecular flexibility index (Phi) is 5.16. The van der Waals surface area contributed by atoms with Crippen LogP contribution in [0, 0.1) is 12.7 Å². The lowest BCUT2D eigenvalue weighted by Gasteiger charge is -2.07. The molecule has 0 bridgehead atoms. The molecule has 28 heavy (non-hydrogen) atoms. The summed E-state index contributed by atoms with van der Waals surface area (Å²) in [5, 5.41) is 13.0. The normalized spacial score (nSPS) is 11.6. The predicted molar refractivity (Wildman–Crippen MR) is 94.9 cm³/mol. The van der Waals surface area contributed by atoms with E-state index in [2.05, 4.69) is 5.10 Å². The zero-order valence-corrected chi connectivity index (χ0v) is 15.1. The number of hydrogen-bond acceptors (Lipinski definition) is 2. The van der Waals surface area contributed by atoms with Crippen LogP contribution in [0.25, 0.3) is 11.1 Å². The summed E-state index contributed by atoms with van der Waals surface area (Å²) in [6.07, 6.45) is -3.58. The molecule has 0 spiro atoms. The zero-order valence-electron chi connectivity index (χ0n) is 14.4. The highest BCUT2D eigenvalue weighted by Crippen LogP contribution is 2.37. The van der Waals surface area contributed by atoms with Gasteiger partial charge in [-0.25, -0.2) is 9.18 Å². The van der Waals surface area contributed by atoms with Gasteiger partial charge in [-0.2, -0.15) is 18.3 Å². The molecule has 2 aromatic carbocycles. The van der Waals surface area contributed by atoms with Gasteiger partial charge in [0, 0.05) is 22.3 Å². The van der Waals surface area contributed by atoms with Gasteiger partial charge >= 0.3 is 12.1 Å². The second kappa shape index (κ2) is 7.27. The van der Waals surface area contributed by atoms with Crippen molar-refractivity contribution >= 4 is 17.6 Å². The third-order valence-corrected chi connectivity index (χ3v) is 4.56. The Bertz CT molecular complexity index is 1060. The molecule has 0 amide bonds. The molecule has 0 saturated carbocycles. The fourth-order valence-corrected chi connectivity index (χ4v) is 2.89. The maximum atomic E-state index is 14.3. The summed E-state index contributed by atoms with van der Waals surface area (Å²) in [5.74, 6) is -2.48. The smallest absolute Gasteiger partial charge is 0.435 e. The number of rotatable bonds is 4. The summed E-state index contributed by atoms with van der Waals surface area (Å²) in [6.45, 7) is 1.30. The molecule has 146 valence electrons. The van der Waals surface area contributed by atoms with E-state index in [4.69, 9.17) is 16.7 Å². The quantitative estimate of drug-likeness (QED) is 0.582. The van der Waals surface area contributed by atoms with E-state index < -0.39 is 29.2 Å². The third-order valence-electron chi connectivity index (χ3n) is 4.14. The molecule has 9 heteroatoms.